The molecule has 1 aliphatic carbocycles. The second-order valence-electron chi connectivity index (χ2n) is 8.36. The van der Waals surface area contributed by atoms with Crippen LogP contribution >= 0.6 is 0 Å². The zero-order chi connectivity index (χ0) is 24.3. The first-order valence-electron chi connectivity index (χ1n) is 11.2. The van der Waals surface area contributed by atoms with Gasteiger partial charge in [0.1, 0.15) is 10.7 Å². The van der Waals surface area contributed by atoms with Gasteiger partial charge in [0.05, 0.1) is 24.8 Å². The molecule has 0 aromatic heterocycles. The van der Waals surface area contributed by atoms with Gasteiger partial charge in [-0.15, -0.1) is 0 Å². The lowest BCUT2D eigenvalue weighted by molar-refractivity contribution is -0.130. The lowest BCUT2D eigenvalue weighted by Gasteiger charge is -2.27. The number of nitrogens with one attached hydrogen (secondary N) is 1. The lowest BCUT2D eigenvalue weighted by Crippen LogP contribution is -2.41. The average Bonchev–Trinajstić information content (AvgIpc) is 2.84. The number of ether oxygens (including phenoxy) is 2. The van der Waals surface area contributed by atoms with E-state index in [1.54, 1.807) is 0 Å². The fourth-order valence-corrected chi connectivity index (χ4v) is 5.73. The molecule has 0 spiro atoms. The maximum Gasteiger partial charge on any atom is 0.338 e. The Morgan fingerprint density at radius 1 is 1.18 bits per heavy atom. The van der Waals surface area contributed by atoms with Crippen molar-refractivity contribution in [2.24, 2.45) is 0 Å². The summed E-state index contributed by atoms with van der Waals surface area (Å²) in [5.41, 5.74) is 2.08. The third-order valence-electron chi connectivity index (χ3n) is 6.09. The number of hydrogen-bond donors (Lipinski definition) is 1. The lowest BCUT2D eigenvalue weighted by atomic mass is 9.87. The first-order chi connectivity index (χ1) is 16.3. The van der Waals surface area contributed by atoms with E-state index in [2.05, 4.69) is 5.32 Å². The number of hydrogen-bond acceptors (Lipinski definition) is 6. The van der Waals surface area contributed by atoms with Crippen molar-refractivity contribution >= 4 is 21.9 Å². The van der Waals surface area contributed by atoms with Crippen molar-refractivity contribution < 1.29 is 31.9 Å². The Morgan fingerprint density at radius 3 is 2.68 bits per heavy atom. The van der Waals surface area contributed by atoms with Gasteiger partial charge >= 0.3 is 5.97 Å². The minimum absolute atomic E-state index is 0.0952. The Bertz CT molecular complexity index is 1180. The van der Waals surface area contributed by atoms with Crippen molar-refractivity contribution in [3.05, 3.63) is 65.0 Å². The molecule has 8 nitrogen and oxygen atoms in total. The van der Waals surface area contributed by atoms with Crippen LogP contribution in [-0.2, 0) is 30.7 Å². The van der Waals surface area contributed by atoms with Gasteiger partial charge in [-0.2, -0.15) is 4.31 Å². The Labute approximate surface area is 198 Å². The van der Waals surface area contributed by atoms with Crippen LogP contribution in [0.3, 0.4) is 0 Å². The maximum absolute atomic E-state index is 14.4. The second kappa shape index (κ2) is 10.2. The van der Waals surface area contributed by atoms with Crippen LogP contribution in [0.5, 0.6) is 0 Å². The minimum Gasteiger partial charge on any atom is -0.449 e. The summed E-state index contributed by atoms with van der Waals surface area (Å²) in [4.78, 5) is 24.8. The molecule has 182 valence electrons. The summed E-state index contributed by atoms with van der Waals surface area (Å²) in [6.07, 6.45) is 1.55. The number of amides is 1. The van der Waals surface area contributed by atoms with E-state index in [-0.39, 0.29) is 37.9 Å². The average molecular weight is 491 g/mol. The number of sulfonamides is 1. The molecule has 1 aliphatic heterocycles. The molecule has 10 heteroatoms. The Balaban J connectivity index is 1.44. The molecule has 34 heavy (non-hydrogen) atoms. The van der Waals surface area contributed by atoms with E-state index >= 15 is 0 Å². The van der Waals surface area contributed by atoms with Crippen LogP contribution < -0.4 is 5.32 Å². The van der Waals surface area contributed by atoms with Gasteiger partial charge in [0, 0.05) is 13.1 Å². The van der Waals surface area contributed by atoms with Crippen LogP contribution in [0.25, 0.3) is 0 Å². The maximum atomic E-state index is 14.4. The van der Waals surface area contributed by atoms with E-state index in [1.165, 1.54) is 12.5 Å². The van der Waals surface area contributed by atoms with E-state index in [4.69, 9.17) is 9.47 Å². The van der Waals surface area contributed by atoms with Crippen molar-refractivity contribution in [1.82, 2.24) is 9.62 Å². The zero-order valence-corrected chi connectivity index (χ0v) is 19.6. The number of nitrogens with zero attached hydrogens (tertiary/aromatic N) is 1. The number of carbonyl (C=O) groups is 2. The largest absolute Gasteiger partial charge is 0.449 e. The number of fused-ring (bicyclic) bond motifs is 1. The fraction of sp³-hybridized carbons (Fsp3) is 0.417. The van der Waals surface area contributed by atoms with Crippen LogP contribution in [-0.4, -0.2) is 57.0 Å². The fourth-order valence-electron chi connectivity index (χ4n) is 4.23. The highest BCUT2D eigenvalue weighted by atomic mass is 32.2. The predicted octanol–water partition coefficient (Wildman–Crippen LogP) is 2.59. The summed E-state index contributed by atoms with van der Waals surface area (Å²) in [5, 5.41) is 2.93. The Hall–Kier alpha value is -2.82. The van der Waals surface area contributed by atoms with E-state index in [9.17, 15) is 22.4 Å². The van der Waals surface area contributed by atoms with Crippen molar-refractivity contribution in [2.45, 2.75) is 43.2 Å². The highest BCUT2D eigenvalue weighted by Gasteiger charge is 2.31. The summed E-state index contributed by atoms with van der Waals surface area (Å²) in [6.45, 7) is 2.05. The molecule has 2 aliphatic rings. The topological polar surface area (TPSA) is 102 Å². The van der Waals surface area contributed by atoms with Gasteiger partial charge in [-0.3, -0.25) is 4.79 Å². The molecule has 1 fully saturated rings. The van der Waals surface area contributed by atoms with Gasteiger partial charge < -0.3 is 14.8 Å². The predicted molar refractivity (Wildman–Crippen MR) is 121 cm³/mol. The minimum atomic E-state index is -4.15. The highest BCUT2D eigenvalue weighted by molar-refractivity contribution is 7.89. The van der Waals surface area contributed by atoms with E-state index in [1.807, 2.05) is 24.3 Å². The Morgan fingerprint density at radius 2 is 1.91 bits per heavy atom. The third-order valence-corrected chi connectivity index (χ3v) is 8.01. The van der Waals surface area contributed by atoms with E-state index in [0.717, 1.165) is 47.3 Å². The number of carbonyl (C=O) groups excluding carboxylic acids is 2. The van der Waals surface area contributed by atoms with Crippen LogP contribution in [0.15, 0.2) is 47.4 Å². The molecule has 2 aromatic rings. The summed E-state index contributed by atoms with van der Waals surface area (Å²) in [6, 6.07) is 10.7. The van der Waals surface area contributed by atoms with Gasteiger partial charge in [-0.05, 0) is 55.5 Å². The molecule has 1 saturated heterocycles. The quantitative estimate of drug-likeness (QED) is 0.625. The van der Waals surface area contributed by atoms with Gasteiger partial charge in [-0.1, -0.05) is 24.3 Å². The van der Waals surface area contributed by atoms with Gasteiger partial charge in [0.25, 0.3) is 5.91 Å². The normalized spacial score (nSPS) is 19.6. The number of morpholine rings is 1. The molecule has 2 unspecified atom stereocenters. The molecule has 2 aromatic carbocycles. The van der Waals surface area contributed by atoms with Gasteiger partial charge in [0.2, 0.25) is 10.0 Å². The summed E-state index contributed by atoms with van der Waals surface area (Å²) >= 11 is 0. The number of benzene rings is 2. The Kier molecular flexibility index (Phi) is 7.30. The molecular weight excluding hydrogens is 463 g/mol. The van der Waals surface area contributed by atoms with Crippen LogP contribution in [0, 0.1) is 5.82 Å². The third kappa shape index (κ3) is 5.13. The van der Waals surface area contributed by atoms with Crippen molar-refractivity contribution in [3.63, 3.8) is 0 Å². The van der Waals surface area contributed by atoms with Gasteiger partial charge in [0.15, 0.2) is 6.10 Å². The van der Waals surface area contributed by atoms with E-state index < -0.39 is 38.7 Å². The number of rotatable bonds is 6. The molecule has 0 radical (unpaired) electrons. The van der Waals surface area contributed by atoms with Crippen LogP contribution in [0.4, 0.5) is 4.39 Å². The van der Waals surface area contributed by atoms with Crippen molar-refractivity contribution in [2.75, 3.05) is 26.3 Å². The molecule has 0 saturated carbocycles. The smallest absolute Gasteiger partial charge is 0.338 e. The molecule has 4 rings (SSSR count). The highest BCUT2D eigenvalue weighted by Crippen LogP contribution is 2.29. The first kappa shape index (κ1) is 24.3. The number of esters is 1. The van der Waals surface area contributed by atoms with Gasteiger partial charge in [-0.25, -0.2) is 17.6 Å². The van der Waals surface area contributed by atoms with Crippen LogP contribution in [0.2, 0.25) is 0 Å². The number of aryl methyl sites for hydroxylation is 1. The summed E-state index contributed by atoms with van der Waals surface area (Å²) in [7, 11) is -4.15. The molecular formula is C24H27FN2O6S. The monoisotopic (exact) mass is 490 g/mol. The molecule has 2 atom stereocenters. The summed E-state index contributed by atoms with van der Waals surface area (Å²) in [5.74, 6) is -2.34. The molecule has 1 N–H and O–H groups in total. The summed E-state index contributed by atoms with van der Waals surface area (Å²) < 4.78 is 51.6. The molecule has 1 amide bonds. The molecule has 0 bridgehead atoms. The number of halogens is 1. The van der Waals surface area contributed by atoms with Crippen molar-refractivity contribution in [3.8, 4) is 0 Å². The second-order valence-corrected chi connectivity index (χ2v) is 10.3. The van der Waals surface area contributed by atoms with Crippen LogP contribution in [0.1, 0.15) is 47.3 Å². The first-order valence-corrected chi connectivity index (χ1v) is 12.7. The standard InChI is InChI=1S/C24H27FN2O6S/c1-16(23(28)26-21-8-4-6-17-5-2-3-7-19(17)21)33-24(29)18-9-10-20(25)22(15-18)34(30,31)27-11-13-32-14-12-27/h2-3,5,7,9-10,15-16,21H,4,6,8,11-14H2,1H3,(H,26,28). The zero-order valence-electron chi connectivity index (χ0n) is 18.8. The van der Waals surface area contributed by atoms with E-state index in [0.29, 0.717) is 0 Å². The SMILES string of the molecule is CC(OC(=O)c1ccc(F)c(S(=O)(=O)N2CCOCC2)c1)C(=O)NC1CCCc2ccccc21. The van der Waals surface area contributed by atoms with Crippen molar-refractivity contribution in [1.29, 1.82) is 0 Å². The molecule has 1 heterocycles.